The second kappa shape index (κ2) is 7.50. The SMILES string of the molecule is COc1cc(NC(=O)c2ccccc2)c(N)cc1C.N#[NH+]. The van der Waals surface area contributed by atoms with Gasteiger partial charge in [-0.1, -0.05) is 18.2 Å². The van der Waals surface area contributed by atoms with Gasteiger partial charge >= 0.3 is 0 Å². The number of carbonyl (C=O) groups excluding carboxylic acids is 1. The molecule has 108 valence electrons. The number of nitrogens with two attached hydrogens (primary N) is 1. The number of rotatable bonds is 3. The van der Waals surface area contributed by atoms with E-state index in [9.17, 15) is 4.79 Å². The number of hydrogen-bond donors (Lipinski definition) is 3. The number of nitrogens with one attached hydrogen (secondary N) is 2. The van der Waals surface area contributed by atoms with Gasteiger partial charge in [0.05, 0.1) is 23.9 Å². The third-order valence-electron chi connectivity index (χ3n) is 2.85. The van der Waals surface area contributed by atoms with Crippen LogP contribution in [-0.2, 0) is 0 Å². The molecule has 0 atom stereocenters. The number of hydrogen-bond acceptors (Lipinski definition) is 4. The van der Waals surface area contributed by atoms with Gasteiger partial charge in [-0.3, -0.25) is 4.79 Å². The van der Waals surface area contributed by atoms with E-state index in [1.54, 1.807) is 31.4 Å². The van der Waals surface area contributed by atoms with Crippen molar-refractivity contribution < 1.29 is 14.9 Å². The number of methoxy groups -OCH3 is 1. The molecule has 0 aliphatic heterocycles. The van der Waals surface area contributed by atoms with Crippen LogP contribution in [-0.4, -0.2) is 13.0 Å². The highest BCUT2D eigenvalue weighted by Gasteiger charge is 2.10. The monoisotopic (exact) mass is 285 g/mol. The number of nitrogen functional groups attached to an aromatic ring is 1. The predicted octanol–water partition coefficient (Wildman–Crippen LogP) is 1.12. The molecule has 6 heteroatoms. The second-order valence-electron chi connectivity index (χ2n) is 4.23. The van der Waals surface area contributed by atoms with E-state index in [1.807, 2.05) is 25.1 Å². The molecule has 0 bridgehead atoms. The summed E-state index contributed by atoms with van der Waals surface area (Å²) in [5.74, 6) is 0.496. The van der Waals surface area contributed by atoms with Crippen LogP contribution in [0.2, 0.25) is 0 Å². The number of benzene rings is 2. The topological polar surface area (TPSA) is 112 Å². The third kappa shape index (κ3) is 3.94. The first-order valence-electron chi connectivity index (χ1n) is 6.14. The Hall–Kier alpha value is -3.07. The Balaban J connectivity index is 0.00000106. The summed E-state index contributed by atoms with van der Waals surface area (Å²) >= 11 is 0. The smallest absolute Gasteiger partial charge is 0.255 e. The maximum absolute atomic E-state index is 12.0. The van der Waals surface area contributed by atoms with Crippen molar-refractivity contribution in [1.82, 2.24) is 0 Å². The highest BCUT2D eigenvalue weighted by atomic mass is 16.5. The third-order valence-corrected chi connectivity index (χ3v) is 2.85. The van der Waals surface area contributed by atoms with Gasteiger partial charge in [0.2, 0.25) is 5.39 Å². The van der Waals surface area contributed by atoms with Crippen LogP contribution in [0.15, 0.2) is 42.5 Å². The van der Waals surface area contributed by atoms with Crippen molar-refractivity contribution in [2.45, 2.75) is 6.92 Å². The summed E-state index contributed by atoms with van der Waals surface area (Å²) in [4.78, 5) is 12.0. The number of nitrogens with zero attached hydrogens (tertiary/aromatic N) is 1. The minimum absolute atomic E-state index is 0.196. The molecule has 0 aliphatic carbocycles. The number of anilines is 2. The van der Waals surface area contributed by atoms with Crippen LogP contribution in [0.5, 0.6) is 5.75 Å². The van der Waals surface area contributed by atoms with E-state index in [4.69, 9.17) is 21.3 Å². The number of ether oxygens (including phenoxy) is 1. The highest BCUT2D eigenvalue weighted by Crippen LogP contribution is 2.28. The Morgan fingerprint density at radius 3 is 2.43 bits per heavy atom. The predicted molar refractivity (Wildman–Crippen MR) is 79.2 cm³/mol. The fourth-order valence-electron chi connectivity index (χ4n) is 1.82. The molecule has 0 saturated carbocycles. The van der Waals surface area contributed by atoms with Crippen molar-refractivity contribution in [1.29, 1.82) is 5.39 Å². The van der Waals surface area contributed by atoms with Gasteiger partial charge < -0.3 is 15.8 Å². The van der Waals surface area contributed by atoms with Crippen LogP contribution < -0.4 is 21.2 Å². The Morgan fingerprint density at radius 2 is 1.86 bits per heavy atom. The average Bonchev–Trinajstić information content (AvgIpc) is 2.52. The molecule has 0 aliphatic rings. The van der Waals surface area contributed by atoms with Crippen molar-refractivity contribution in [2.24, 2.45) is 0 Å². The molecule has 0 spiro atoms. The number of aryl methyl sites for hydroxylation is 1. The van der Waals surface area contributed by atoms with E-state index in [0.29, 0.717) is 22.7 Å². The maximum Gasteiger partial charge on any atom is 0.255 e. The first-order valence-corrected chi connectivity index (χ1v) is 6.14. The number of amides is 1. The lowest BCUT2D eigenvalue weighted by Gasteiger charge is -2.12. The summed E-state index contributed by atoms with van der Waals surface area (Å²) in [6, 6.07) is 12.5. The summed E-state index contributed by atoms with van der Waals surface area (Å²) in [7, 11) is 1.58. The lowest BCUT2D eigenvalue weighted by atomic mass is 10.1. The van der Waals surface area contributed by atoms with Gasteiger partial charge in [0.15, 0.2) is 0 Å². The minimum atomic E-state index is -0.196. The summed E-state index contributed by atoms with van der Waals surface area (Å²) in [5, 5.41) is 13.8. The van der Waals surface area contributed by atoms with Crippen LogP contribution in [0.1, 0.15) is 15.9 Å². The van der Waals surface area contributed by atoms with E-state index in [2.05, 4.69) is 5.32 Å². The first kappa shape index (κ1) is 16.0. The zero-order valence-corrected chi connectivity index (χ0v) is 11.9. The lowest BCUT2D eigenvalue weighted by molar-refractivity contribution is -0.175. The van der Waals surface area contributed by atoms with Gasteiger partial charge in [0.1, 0.15) is 5.75 Å². The van der Waals surface area contributed by atoms with Gasteiger partial charge in [-0.05, 0) is 30.7 Å². The van der Waals surface area contributed by atoms with Crippen LogP contribution >= 0.6 is 0 Å². The van der Waals surface area contributed by atoms with Gasteiger partial charge in [-0.15, -0.1) is 0 Å². The first-order chi connectivity index (χ1) is 10.1. The van der Waals surface area contributed by atoms with Gasteiger partial charge in [-0.25, -0.2) is 0 Å². The fraction of sp³-hybridized carbons (Fsp3) is 0.133. The number of diazo groups is 1. The van der Waals surface area contributed by atoms with Gasteiger partial charge in [-0.2, -0.15) is 0 Å². The molecule has 0 saturated heterocycles. The quantitative estimate of drug-likeness (QED) is 0.579. The molecule has 4 N–H and O–H groups in total. The largest absolute Gasteiger partial charge is 0.496 e. The second-order valence-corrected chi connectivity index (χ2v) is 4.23. The van der Waals surface area contributed by atoms with Crippen molar-refractivity contribution >= 4 is 17.3 Å². The lowest BCUT2D eigenvalue weighted by Crippen LogP contribution is -2.13. The van der Waals surface area contributed by atoms with Gasteiger partial charge in [0, 0.05) is 11.6 Å². The molecule has 2 aromatic carbocycles. The molecular formula is C15H17N4O2+. The normalized spacial score (nSPS) is 9.14. The summed E-state index contributed by atoms with van der Waals surface area (Å²) in [6.07, 6.45) is 0. The molecule has 6 nitrogen and oxygen atoms in total. The zero-order valence-electron chi connectivity index (χ0n) is 11.9. The minimum Gasteiger partial charge on any atom is -0.496 e. The summed E-state index contributed by atoms with van der Waals surface area (Å²) in [6.45, 7) is 1.90. The summed E-state index contributed by atoms with van der Waals surface area (Å²) in [5.41, 5.74) is 8.48. The van der Waals surface area contributed by atoms with Crippen molar-refractivity contribution in [3.05, 3.63) is 53.6 Å². The van der Waals surface area contributed by atoms with Crippen molar-refractivity contribution in [3.63, 3.8) is 0 Å². The summed E-state index contributed by atoms with van der Waals surface area (Å²) < 4.78 is 5.22. The Kier molecular flexibility index (Phi) is 5.71. The molecule has 2 rings (SSSR count). The fourth-order valence-corrected chi connectivity index (χ4v) is 1.82. The van der Waals surface area contributed by atoms with E-state index in [-0.39, 0.29) is 5.91 Å². The van der Waals surface area contributed by atoms with E-state index in [0.717, 1.165) is 5.56 Å². The molecule has 0 fully saturated rings. The maximum atomic E-state index is 12.0. The molecule has 1 amide bonds. The van der Waals surface area contributed by atoms with Crippen LogP contribution in [0.25, 0.3) is 0 Å². The standard InChI is InChI=1S/C15H16N2O2.N2/c1-10-8-12(16)13(9-14(10)19-2)17-15(18)11-6-4-3-5-7-11;1-2/h3-9H,16H2,1-2H3,(H,17,18);/p+1. The van der Waals surface area contributed by atoms with Crippen LogP contribution in [0.4, 0.5) is 11.4 Å². The molecule has 0 unspecified atom stereocenters. The molecule has 0 aromatic heterocycles. The van der Waals surface area contributed by atoms with E-state index >= 15 is 0 Å². The highest BCUT2D eigenvalue weighted by molar-refractivity contribution is 6.05. The van der Waals surface area contributed by atoms with E-state index in [1.165, 1.54) is 0 Å². The molecule has 0 heterocycles. The van der Waals surface area contributed by atoms with E-state index < -0.39 is 0 Å². The molecule has 21 heavy (non-hydrogen) atoms. The molecular weight excluding hydrogens is 268 g/mol. The molecule has 2 aromatic rings. The average molecular weight is 285 g/mol. The Bertz CT molecular complexity index is 639. The van der Waals surface area contributed by atoms with Crippen LogP contribution in [0, 0.1) is 12.3 Å². The van der Waals surface area contributed by atoms with Gasteiger partial charge in [0.25, 0.3) is 5.91 Å². The van der Waals surface area contributed by atoms with Crippen molar-refractivity contribution in [2.75, 3.05) is 18.2 Å². The zero-order chi connectivity index (χ0) is 15.8. The van der Waals surface area contributed by atoms with Crippen LogP contribution in [0.3, 0.4) is 0 Å². The number of carbonyl (C=O) groups is 1. The Morgan fingerprint density at radius 1 is 1.24 bits per heavy atom. The Labute approximate surface area is 123 Å². The molecule has 0 radical (unpaired) electrons. The van der Waals surface area contributed by atoms with Crippen molar-refractivity contribution in [3.8, 4) is 5.75 Å².